The lowest BCUT2D eigenvalue weighted by Gasteiger charge is -2.34. The Morgan fingerprint density at radius 3 is 2.25 bits per heavy atom. The summed E-state index contributed by atoms with van der Waals surface area (Å²) >= 11 is 0. The van der Waals surface area contributed by atoms with Crippen LogP contribution in [0.3, 0.4) is 0 Å². The molecule has 0 spiro atoms. The van der Waals surface area contributed by atoms with Crippen LogP contribution in [-0.2, 0) is 9.53 Å². The van der Waals surface area contributed by atoms with Gasteiger partial charge in [-0.2, -0.15) is 0 Å². The van der Waals surface area contributed by atoms with E-state index in [0.29, 0.717) is 6.54 Å². The summed E-state index contributed by atoms with van der Waals surface area (Å²) in [5, 5.41) is 0. The molecule has 1 rings (SSSR count). The van der Waals surface area contributed by atoms with Gasteiger partial charge in [-0.25, -0.2) is 0 Å². The van der Waals surface area contributed by atoms with Gasteiger partial charge in [0.1, 0.15) is 0 Å². The molecule has 0 aromatic rings. The minimum Gasteiger partial charge on any atom is -0.468 e. The molecular formula is C11H23N3O2. The molecule has 94 valence electrons. The minimum atomic E-state index is -0.137. The van der Waals surface area contributed by atoms with Crippen molar-refractivity contribution in [3.63, 3.8) is 0 Å². The van der Waals surface area contributed by atoms with Crippen molar-refractivity contribution in [2.75, 3.05) is 67.0 Å². The molecule has 0 amide bonds. The lowest BCUT2D eigenvalue weighted by Crippen LogP contribution is -2.49. The van der Waals surface area contributed by atoms with Gasteiger partial charge in [-0.05, 0) is 14.1 Å². The molecular weight excluding hydrogens is 206 g/mol. The van der Waals surface area contributed by atoms with Gasteiger partial charge in [0.25, 0.3) is 0 Å². The molecule has 1 aliphatic rings. The van der Waals surface area contributed by atoms with Crippen molar-refractivity contribution >= 4 is 5.97 Å². The molecule has 1 heterocycles. The second-order valence-electron chi connectivity index (χ2n) is 4.50. The SMILES string of the molecule is COC(=O)CN1CCN(CCN(C)C)CC1. The molecule has 0 aromatic heterocycles. The van der Waals surface area contributed by atoms with E-state index in [1.54, 1.807) is 0 Å². The average molecular weight is 229 g/mol. The Kier molecular flexibility index (Phi) is 5.73. The standard InChI is InChI=1S/C11H23N3O2/c1-12(2)4-5-13-6-8-14(9-7-13)10-11(15)16-3/h4-10H2,1-3H3. The first-order valence-electron chi connectivity index (χ1n) is 5.78. The molecule has 16 heavy (non-hydrogen) atoms. The zero-order valence-corrected chi connectivity index (χ0v) is 10.6. The normalized spacial score (nSPS) is 19.0. The Morgan fingerprint density at radius 2 is 1.75 bits per heavy atom. The van der Waals surface area contributed by atoms with Gasteiger partial charge in [-0.1, -0.05) is 0 Å². The number of carbonyl (C=O) groups is 1. The number of methoxy groups -OCH3 is 1. The molecule has 5 nitrogen and oxygen atoms in total. The Morgan fingerprint density at radius 1 is 1.19 bits per heavy atom. The van der Waals surface area contributed by atoms with E-state index in [0.717, 1.165) is 39.3 Å². The highest BCUT2D eigenvalue weighted by Crippen LogP contribution is 2.01. The van der Waals surface area contributed by atoms with Gasteiger partial charge in [-0.3, -0.25) is 14.6 Å². The van der Waals surface area contributed by atoms with Crippen molar-refractivity contribution in [2.45, 2.75) is 0 Å². The van der Waals surface area contributed by atoms with Crippen molar-refractivity contribution < 1.29 is 9.53 Å². The Hall–Kier alpha value is -0.650. The van der Waals surface area contributed by atoms with E-state index in [1.165, 1.54) is 7.11 Å². The van der Waals surface area contributed by atoms with Crippen LogP contribution >= 0.6 is 0 Å². The van der Waals surface area contributed by atoms with Crippen LogP contribution in [0.2, 0.25) is 0 Å². The summed E-state index contributed by atoms with van der Waals surface area (Å²) in [5.74, 6) is -0.137. The molecule has 0 N–H and O–H groups in total. The average Bonchev–Trinajstić information content (AvgIpc) is 2.28. The van der Waals surface area contributed by atoms with E-state index < -0.39 is 0 Å². The van der Waals surface area contributed by atoms with Crippen molar-refractivity contribution in [2.24, 2.45) is 0 Å². The van der Waals surface area contributed by atoms with Gasteiger partial charge < -0.3 is 9.64 Å². The molecule has 1 fully saturated rings. The molecule has 0 saturated carbocycles. The second-order valence-corrected chi connectivity index (χ2v) is 4.50. The van der Waals surface area contributed by atoms with Gasteiger partial charge >= 0.3 is 5.97 Å². The van der Waals surface area contributed by atoms with Crippen LogP contribution in [0.1, 0.15) is 0 Å². The third kappa shape index (κ3) is 4.92. The number of esters is 1. The zero-order valence-electron chi connectivity index (χ0n) is 10.6. The first kappa shape index (κ1) is 13.4. The molecule has 5 heteroatoms. The fourth-order valence-electron chi connectivity index (χ4n) is 1.76. The predicted octanol–water partition coefficient (Wildman–Crippen LogP) is -0.661. The highest BCUT2D eigenvalue weighted by Gasteiger charge is 2.18. The first-order chi connectivity index (χ1) is 7.61. The summed E-state index contributed by atoms with van der Waals surface area (Å²) in [5.41, 5.74) is 0. The van der Waals surface area contributed by atoms with Crippen molar-refractivity contribution in [3.05, 3.63) is 0 Å². The predicted molar refractivity (Wildman–Crippen MR) is 63.5 cm³/mol. The summed E-state index contributed by atoms with van der Waals surface area (Å²) in [7, 11) is 5.62. The molecule has 0 aliphatic carbocycles. The maximum absolute atomic E-state index is 11.1. The van der Waals surface area contributed by atoms with Crippen LogP contribution in [0.15, 0.2) is 0 Å². The summed E-state index contributed by atoms with van der Waals surface area (Å²) in [4.78, 5) is 17.9. The van der Waals surface area contributed by atoms with E-state index in [-0.39, 0.29) is 5.97 Å². The summed E-state index contributed by atoms with van der Waals surface area (Å²) in [6, 6.07) is 0. The molecule has 1 saturated heterocycles. The molecule has 0 atom stereocenters. The van der Waals surface area contributed by atoms with E-state index in [9.17, 15) is 4.79 Å². The maximum Gasteiger partial charge on any atom is 0.319 e. The number of rotatable bonds is 5. The van der Waals surface area contributed by atoms with Gasteiger partial charge in [0.15, 0.2) is 0 Å². The number of nitrogens with zero attached hydrogens (tertiary/aromatic N) is 3. The molecule has 0 aromatic carbocycles. The summed E-state index contributed by atoms with van der Waals surface area (Å²) < 4.78 is 4.66. The lowest BCUT2D eigenvalue weighted by molar-refractivity contribution is -0.142. The highest BCUT2D eigenvalue weighted by molar-refractivity contribution is 5.71. The van der Waals surface area contributed by atoms with E-state index in [1.807, 2.05) is 0 Å². The Balaban J connectivity index is 2.16. The molecule has 0 radical (unpaired) electrons. The van der Waals surface area contributed by atoms with Gasteiger partial charge in [-0.15, -0.1) is 0 Å². The third-order valence-electron chi connectivity index (χ3n) is 2.91. The smallest absolute Gasteiger partial charge is 0.319 e. The van der Waals surface area contributed by atoms with Gasteiger partial charge in [0.05, 0.1) is 13.7 Å². The number of hydrogen-bond acceptors (Lipinski definition) is 5. The van der Waals surface area contributed by atoms with Gasteiger partial charge in [0, 0.05) is 39.3 Å². The number of piperazine rings is 1. The third-order valence-corrected chi connectivity index (χ3v) is 2.91. The highest BCUT2D eigenvalue weighted by atomic mass is 16.5. The fraction of sp³-hybridized carbons (Fsp3) is 0.909. The fourth-order valence-corrected chi connectivity index (χ4v) is 1.76. The monoisotopic (exact) mass is 229 g/mol. The Bertz CT molecular complexity index is 213. The molecule has 0 bridgehead atoms. The van der Waals surface area contributed by atoms with Crippen LogP contribution in [0.5, 0.6) is 0 Å². The minimum absolute atomic E-state index is 0.137. The van der Waals surface area contributed by atoms with Crippen LogP contribution in [-0.4, -0.2) is 87.7 Å². The van der Waals surface area contributed by atoms with Gasteiger partial charge in [0.2, 0.25) is 0 Å². The Labute approximate surface area is 97.9 Å². The van der Waals surface area contributed by atoms with E-state index in [2.05, 4.69) is 33.5 Å². The van der Waals surface area contributed by atoms with Crippen LogP contribution < -0.4 is 0 Å². The van der Waals surface area contributed by atoms with Crippen molar-refractivity contribution in [1.29, 1.82) is 0 Å². The number of ether oxygens (including phenoxy) is 1. The van der Waals surface area contributed by atoms with Crippen molar-refractivity contribution in [3.8, 4) is 0 Å². The van der Waals surface area contributed by atoms with Crippen LogP contribution in [0.4, 0.5) is 0 Å². The van der Waals surface area contributed by atoms with E-state index >= 15 is 0 Å². The lowest BCUT2D eigenvalue weighted by atomic mass is 10.3. The largest absolute Gasteiger partial charge is 0.468 e. The maximum atomic E-state index is 11.1. The summed E-state index contributed by atoms with van der Waals surface area (Å²) in [6.45, 7) is 6.65. The molecule has 0 unspecified atom stereocenters. The first-order valence-corrected chi connectivity index (χ1v) is 5.78. The van der Waals surface area contributed by atoms with Crippen LogP contribution in [0.25, 0.3) is 0 Å². The quantitative estimate of drug-likeness (QED) is 0.585. The topological polar surface area (TPSA) is 36.0 Å². The van der Waals surface area contributed by atoms with Crippen LogP contribution in [0, 0.1) is 0 Å². The number of carbonyl (C=O) groups excluding carboxylic acids is 1. The summed E-state index contributed by atoms with van der Waals surface area (Å²) in [6.07, 6.45) is 0. The number of likely N-dealkylation sites (N-methyl/N-ethyl adjacent to an activating group) is 1. The molecule has 1 aliphatic heterocycles. The van der Waals surface area contributed by atoms with E-state index in [4.69, 9.17) is 0 Å². The number of hydrogen-bond donors (Lipinski definition) is 0. The second kappa shape index (κ2) is 6.83. The van der Waals surface area contributed by atoms with Crippen molar-refractivity contribution in [1.82, 2.24) is 14.7 Å². The zero-order chi connectivity index (χ0) is 12.0.